The molecule has 2 aromatic rings. The smallest absolute Gasteiger partial charge is 0.358 e. The molecule has 9 nitrogen and oxygen atoms in total. The summed E-state index contributed by atoms with van der Waals surface area (Å²) in [6.45, 7) is 5.09. The Bertz CT molecular complexity index is 715. The van der Waals surface area contributed by atoms with E-state index in [1.807, 2.05) is 6.92 Å². The zero-order chi connectivity index (χ0) is 15.7. The Kier molecular flexibility index (Phi) is 3.74. The number of carboxylic acids is 1. The topological polar surface area (TPSA) is 115 Å². The second-order valence-corrected chi connectivity index (χ2v) is 4.70. The largest absolute Gasteiger partial charge is 0.476 e. The molecule has 2 heterocycles. The fraction of sp³-hybridized carbons (Fsp3) is 0.417. The van der Waals surface area contributed by atoms with Gasteiger partial charge in [0.2, 0.25) is 5.91 Å². The zero-order valence-corrected chi connectivity index (χ0v) is 12.2. The van der Waals surface area contributed by atoms with Gasteiger partial charge in [0.25, 0.3) is 0 Å². The summed E-state index contributed by atoms with van der Waals surface area (Å²) in [7, 11) is 1.79. The summed E-state index contributed by atoms with van der Waals surface area (Å²) in [5.41, 5.74) is 2.37. The first kappa shape index (κ1) is 14.7. The first-order chi connectivity index (χ1) is 9.81. The van der Waals surface area contributed by atoms with Crippen molar-refractivity contribution in [2.24, 2.45) is 7.05 Å². The summed E-state index contributed by atoms with van der Waals surface area (Å²) in [6.07, 6.45) is 0. The van der Waals surface area contributed by atoms with Gasteiger partial charge in [0.15, 0.2) is 5.69 Å². The minimum atomic E-state index is -1.17. The molecule has 112 valence electrons. The number of aryl methyl sites for hydroxylation is 2. The van der Waals surface area contributed by atoms with E-state index < -0.39 is 5.97 Å². The number of hydrogen-bond acceptors (Lipinski definition) is 5. The quantitative estimate of drug-likeness (QED) is 0.836. The number of anilines is 1. The van der Waals surface area contributed by atoms with Gasteiger partial charge >= 0.3 is 5.97 Å². The summed E-state index contributed by atoms with van der Waals surface area (Å²) in [6, 6.07) is 0. The Balaban J connectivity index is 2.14. The van der Waals surface area contributed by atoms with E-state index in [1.54, 1.807) is 25.6 Å². The van der Waals surface area contributed by atoms with Crippen molar-refractivity contribution in [3.63, 3.8) is 0 Å². The Hall–Kier alpha value is -2.71. The minimum absolute atomic E-state index is 0.111. The molecule has 0 aromatic carbocycles. The van der Waals surface area contributed by atoms with Crippen LogP contribution in [0.5, 0.6) is 0 Å². The molecule has 0 radical (unpaired) electrons. The third-order valence-corrected chi connectivity index (χ3v) is 3.25. The Morgan fingerprint density at radius 3 is 2.38 bits per heavy atom. The molecule has 0 aliphatic rings. The molecular weight excluding hydrogens is 276 g/mol. The first-order valence-electron chi connectivity index (χ1n) is 6.24. The maximum atomic E-state index is 12.0. The maximum absolute atomic E-state index is 12.0. The van der Waals surface area contributed by atoms with Crippen LogP contribution in [0.2, 0.25) is 0 Å². The van der Waals surface area contributed by atoms with Gasteiger partial charge in [-0.3, -0.25) is 9.48 Å². The fourth-order valence-corrected chi connectivity index (χ4v) is 1.98. The van der Waals surface area contributed by atoms with Gasteiger partial charge in [-0.05, 0) is 20.8 Å². The molecule has 0 spiro atoms. The third-order valence-electron chi connectivity index (χ3n) is 3.25. The van der Waals surface area contributed by atoms with Crippen molar-refractivity contribution in [1.29, 1.82) is 0 Å². The van der Waals surface area contributed by atoms with Gasteiger partial charge < -0.3 is 10.4 Å². The third kappa shape index (κ3) is 2.76. The molecule has 2 aromatic heterocycles. The van der Waals surface area contributed by atoms with E-state index in [2.05, 4.69) is 20.7 Å². The number of amides is 1. The van der Waals surface area contributed by atoms with Crippen molar-refractivity contribution in [2.45, 2.75) is 27.3 Å². The summed E-state index contributed by atoms with van der Waals surface area (Å²) in [4.78, 5) is 22.9. The predicted molar refractivity (Wildman–Crippen MR) is 73.0 cm³/mol. The Morgan fingerprint density at radius 1 is 1.24 bits per heavy atom. The highest BCUT2D eigenvalue weighted by atomic mass is 16.4. The molecule has 1 amide bonds. The molecule has 0 saturated carbocycles. The van der Waals surface area contributed by atoms with E-state index in [1.165, 1.54) is 4.68 Å². The minimum Gasteiger partial charge on any atom is -0.476 e. The number of nitrogens with zero attached hydrogens (tertiary/aromatic N) is 5. The molecule has 0 atom stereocenters. The van der Waals surface area contributed by atoms with Gasteiger partial charge in [-0.15, -0.1) is 5.10 Å². The van der Waals surface area contributed by atoms with E-state index in [4.69, 9.17) is 5.11 Å². The van der Waals surface area contributed by atoms with Gasteiger partial charge in [-0.25, -0.2) is 9.48 Å². The van der Waals surface area contributed by atoms with Crippen molar-refractivity contribution in [1.82, 2.24) is 24.8 Å². The van der Waals surface area contributed by atoms with Gasteiger partial charge in [0.05, 0.1) is 22.8 Å². The van der Waals surface area contributed by atoms with Crippen LogP contribution in [0.1, 0.15) is 27.6 Å². The molecule has 0 fully saturated rings. The van der Waals surface area contributed by atoms with Crippen molar-refractivity contribution < 1.29 is 14.7 Å². The van der Waals surface area contributed by atoms with Crippen molar-refractivity contribution in [3.8, 4) is 0 Å². The number of aromatic carboxylic acids is 1. The van der Waals surface area contributed by atoms with Gasteiger partial charge in [-0.2, -0.15) is 5.10 Å². The number of hydrogen-bond donors (Lipinski definition) is 2. The van der Waals surface area contributed by atoms with Crippen LogP contribution in [0.15, 0.2) is 0 Å². The standard InChI is InChI=1S/C12H16N6O3/c1-6-10(7(2)17(4)15-6)13-9(19)5-18-8(3)11(12(20)21)14-16-18/h5H2,1-4H3,(H,13,19)(H,20,21). The number of rotatable bonds is 4. The van der Waals surface area contributed by atoms with Gasteiger partial charge in [0.1, 0.15) is 6.54 Å². The molecule has 0 aliphatic carbocycles. The lowest BCUT2D eigenvalue weighted by Gasteiger charge is -2.06. The van der Waals surface area contributed by atoms with Crippen LogP contribution in [-0.2, 0) is 18.4 Å². The number of carbonyl (C=O) groups excluding carboxylic acids is 1. The summed E-state index contributed by atoms with van der Waals surface area (Å²) < 4.78 is 2.92. The van der Waals surface area contributed by atoms with E-state index in [0.717, 1.165) is 5.69 Å². The molecule has 0 bridgehead atoms. The van der Waals surface area contributed by atoms with Crippen LogP contribution in [0.4, 0.5) is 5.69 Å². The number of carbonyl (C=O) groups is 2. The predicted octanol–water partition coefficient (Wildman–Crippen LogP) is 0.274. The average molecular weight is 292 g/mol. The molecule has 9 heteroatoms. The van der Waals surface area contributed by atoms with Crippen LogP contribution in [-0.4, -0.2) is 41.8 Å². The second kappa shape index (κ2) is 5.35. The molecule has 0 aliphatic heterocycles. The van der Waals surface area contributed by atoms with Crippen molar-refractivity contribution in [2.75, 3.05) is 5.32 Å². The molecule has 0 saturated heterocycles. The van der Waals surface area contributed by atoms with Crippen LogP contribution < -0.4 is 5.32 Å². The maximum Gasteiger partial charge on any atom is 0.358 e. The fourth-order valence-electron chi connectivity index (χ4n) is 1.98. The lowest BCUT2D eigenvalue weighted by Crippen LogP contribution is -2.21. The average Bonchev–Trinajstić information content (AvgIpc) is 2.86. The molecular formula is C12H16N6O3. The molecule has 2 rings (SSSR count). The number of aromatic nitrogens is 5. The summed E-state index contributed by atoms with van der Waals surface area (Å²) >= 11 is 0. The Labute approximate surface area is 120 Å². The molecule has 2 N–H and O–H groups in total. The van der Waals surface area contributed by atoms with Crippen molar-refractivity contribution in [3.05, 3.63) is 22.8 Å². The summed E-state index contributed by atoms with van der Waals surface area (Å²) in [5.74, 6) is -1.49. The number of nitrogens with one attached hydrogen (secondary N) is 1. The normalized spacial score (nSPS) is 10.7. The molecule has 0 unspecified atom stereocenters. The van der Waals surface area contributed by atoms with E-state index in [9.17, 15) is 9.59 Å². The lowest BCUT2D eigenvalue weighted by molar-refractivity contribution is -0.117. The van der Waals surface area contributed by atoms with Crippen LogP contribution >= 0.6 is 0 Å². The van der Waals surface area contributed by atoms with Gasteiger partial charge in [0, 0.05) is 7.05 Å². The second-order valence-electron chi connectivity index (χ2n) is 4.70. The van der Waals surface area contributed by atoms with E-state index in [0.29, 0.717) is 17.1 Å². The van der Waals surface area contributed by atoms with E-state index >= 15 is 0 Å². The van der Waals surface area contributed by atoms with Crippen molar-refractivity contribution >= 4 is 17.6 Å². The van der Waals surface area contributed by atoms with Gasteiger partial charge in [-0.1, -0.05) is 5.21 Å². The van der Waals surface area contributed by atoms with Crippen LogP contribution in [0.25, 0.3) is 0 Å². The highest BCUT2D eigenvalue weighted by Gasteiger charge is 2.18. The SMILES string of the molecule is Cc1nn(C)c(C)c1NC(=O)Cn1nnc(C(=O)O)c1C. The zero-order valence-electron chi connectivity index (χ0n) is 12.2. The lowest BCUT2D eigenvalue weighted by atomic mass is 10.3. The Morgan fingerprint density at radius 2 is 1.90 bits per heavy atom. The highest BCUT2D eigenvalue weighted by Crippen LogP contribution is 2.18. The first-order valence-corrected chi connectivity index (χ1v) is 6.24. The van der Waals surface area contributed by atoms with Crippen LogP contribution in [0, 0.1) is 20.8 Å². The molecule has 21 heavy (non-hydrogen) atoms. The monoisotopic (exact) mass is 292 g/mol. The number of carboxylic acid groups (broad SMARTS) is 1. The van der Waals surface area contributed by atoms with E-state index in [-0.39, 0.29) is 18.1 Å². The summed E-state index contributed by atoms with van der Waals surface area (Å²) in [5, 5.41) is 23.1. The van der Waals surface area contributed by atoms with Crippen LogP contribution in [0.3, 0.4) is 0 Å². The highest BCUT2D eigenvalue weighted by molar-refractivity contribution is 5.92.